The summed E-state index contributed by atoms with van der Waals surface area (Å²) in [4.78, 5) is 36.2. The molecule has 3 aromatic rings. The van der Waals surface area contributed by atoms with Gasteiger partial charge >= 0.3 is 5.97 Å². The van der Waals surface area contributed by atoms with E-state index < -0.39 is 17.9 Å². The number of carbonyl (C=O) groups excluding carboxylic acids is 3. The summed E-state index contributed by atoms with van der Waals surface area (Å²) < 4.78 is 11.3. The highest BCUT2D eigenvalue weighted by Crippen LogP contribution is 2.15. The minimum atomic E-state index is -0.763. The number of hydrogen-bond donors (Lipinski definition) is 2. The number of hydrogen-bond acceptors (Lipinski definition) is 6. The minimum Gasteiger partial charge on any atom is -0.472 e. The lowest BCUT2D eigenvalue weighted by Gasteiger charge is -2.14. The highest BCUT2D eigenvalue weighted by molar-refractivity contribution is 6.00. The van der Waals surface area contributed by atoms with Crippen molar-refractivity contribution in [1.82, 2.24) is 15.1 Å². The van der Waals surface area contributed by atoms with E-state index in [1.54, 1.807) is 50.4 Å². The summed E-state index contributed by atoms with van der Waals surface area (Å²) in [5.41, 5.74) is 1.69. The SMILES string of the molecule is CCOC(=O)c1ccn(-c2cccc(NC(=O)C(C)NC(=O)c3ccoc3)c2)n1. The third kappa shape index (κ3) is 4.89. The Morgan fingerprint density at radius 3 is 2.79 bits per heavy atom. The number of amides is 2. The van der Waals surface area contributed by atoms with Crippen LogP contribution in [-0.2, 0) is 9.53 Å². The van der Waals surface area contributed by atoms with Crippen LogP contribution in [0.2, 0.25) is 0 Å². The molecule has 2 aromatic heterocycles. The summed E-state index contributed by atoms with van der Waals surface area (Å²) in [6.07, 6.45) is 4.31. The second kappa shape index (κ2) is 8.87. The topological polar surface area (TPSA) is 115 Å². The van der Waals surface area contributed by atoms with E-state index in [1.165, 1.54) is 23.3 Å². The van der Waals surface area contributed by atoms with Crippen molar-refractivity contribution in [3.05, 3.63) is 66.4 Å². The lowest BCUT2D eigenvalue weighted by Crippen LogP contribution is -2.41. The van der Waals surface area contributed by atoms with Gasteiger partial charge in [0.05, 0.1) is 24.1 Å². The van der Waals surface area contributed by atoms with Gasteiger partial charge in [-0.05, 0) is 44.2 Å². The van der Waals surface area contributed by atoms with E-state index in [9.17, 15) is 14.4 Å². The highest BCUT2D eigenvalue weighted by atomic mass is 16.5. The molecule has 0 aliphatic heterocycles. The Morgan fingerprint density at radius 1 is 1.24 bits per heavy atom. The largest absolute Gasteiger partial charge is 0.472 e. The van der Waals surface area contributed by atoms with Crippen LogP contribution in [0.3, 0.4) is 0 Å². The van der Waals surface area contributed by atoms with Gasteiger partial charge in [-0.2, -0.15) is 5.10 Å². The molecule has 0 spiro atoms. The van der Waals surface area contributed by atoms with Crippen molar-refractivity contribution in [3.8, 4) is 5.69 Å². The van der Waals surface area contributed by atoms with Crippen LogP contribution in [0.4, 0.5) is 5.69 Å². The quantitative estimate of drug-likeness (QED) is 0.593. The fraction of sp³-hybridized carbons (Fsp3) is 0.200. The van der Waals surface area contributed by atoms with Gasteiger partial charge in [-0.3, -0.25) is 9.59 Å². The van der Waals surface area contributed by atoms with Crippen LogP contribution in [0.5, 0.6) is 0 Å². The van der Waals surface area contributed by atoms with Crippen molar-refractivity contribution in [2.45, 2.75) is 19.9 Å². The summed E-state index contributed by atoms with van der Waals surface area (Å²) in [5, 5.41) is 9.52. The van der Waals surface area contributed by atoms with Gasteiger partial charge in [0.15, 0.2) is 5.69 Å². The number of furan rings is 1. The molecule has 0 aliphatic rings. The Morgan fingerprint density at radius 2 is 2.07 bits per heavy atom. The van der Waals surface area contributed by atoms with E-state index in [4.69, 9.17) is 9.15 Å². The molecule has 150 valence electrons. The summed E-state index contributed by atoms with van der Waals surface area (Å²) in [5.74, 6) is -1.29. The molecule has 2 N–H and O–H groups in total. The Bertz CT molecular complexity index is 1010. The van der Waals surface area contributed by atoms with Crippen LogP contribution in [0.25, 0.3) is 5.69 Å². The van der Waals surface area contributed by atoms with Gasteiger partial charge in [0.25, 0.3) is 5.91 Å². The second-order valence-corrected chi connectivity index (χ2v) is 6.11. The molecule has 0 bridgehead atoms. The Hall–Kier alpha value is -3.88. The Labute approximate surface area is 166 Å². The van der Waals surface area contributed by atoms with Crippen molar-refractivity contribution in [1.29, 1.82) is 0 Å². The average molecular weight is 396 g/mol. The molecular formula is C20H20N4O5. The molecule has 29 heavy (non-hydrogen) atoms. The zero-order chi connectivity index (χ0) is 20.8. The summed E-state index contributed by atoms with van der Waals surface area (Å²) >= 11 is 0. The molecule has 3 rings (SSSR count). The maximum Gasteiger partial charge on any atom is 0.358 e. The van der Waals surface area contributed by atoms with Crippen molar-refractivity contribution in [2.24, 2.45) is 0 Å². The van der Waals surface area contributed by atoms with Gasteiger partial charge in [0, 0.05) is 11.9 Å². The predicted octanol–water partition coefficient (Wildman–Crippen LogP) is 2.40. The minimum absolute atomic E-state index is 0.192. The van der Waals surface area contributed by atoms with E-state index in [0.717, 1.165) is 0 Å². The molecule has 0 saturated heterocycles. The molecule has 9 heteroatoms. The zero-order valence-electron chi connectivity index (χ0n) is 15.9. The molecule has 2 heterocycles. The first-order valence-electron chi connectivity index (χ1n) is 8.95. The molecule has 0 radical (unpaired) electrons. The molecule has 1 aromatic carbocycles. The Kier molecular flexibility index (Phi) is 6.08. The van der Waals surface area contributed by atoms with E-state index in [-0.39, 0.29) is 18.2 Å². The maximum atomic E-state index is 12.4. The summed E-state index contributed by atoms with van der Waals surface area (Å²) in [6, 6.07) is 9.23. The number of nitrogens with zero attached hydrogens (tertiary/aromatic N) is 2. The standard InChI is InChI=1S/C20H20N4O5/c1-3-29-20(27)17-7-9-24(23-17)16-6-4-5-15(11-16)22-18(25)13(2)21-19(26)14-8-10-28-12-14/h4-13H,3H2,1-2H3,(H,21,26)(H,22,25). The van der Waals surface area contributed by atoms with E-state index in [2.05, 4.69) is 15.7 Å². The summed E-state index contributed by atoms with van der Waals surface area (Å²) in [7, 11) is 0. The molecule has 0 fully saturated rings. The predicted molar refractivity (Wildman–Crippen MR) is 104 cm³/mol. The molecule has 0 aliphatic carbocycles. The lowest BCUT2D eigenvalue weighted by atomic mass is 10.2. The molecular weight excluding hydrogens is 376 g/mol. The number of nitrogens with one attached hydrogen (secondary N) is 2. The molecule has 1 atom stereocenters. The smallest absolute Gasteiger partial charge is 0.358 e. The first-order valence-corrected chi connectivity index (χ1v) is 8.95. The zero-order valence-corrected chi connectivity index (χ0v) is 15.9. The number of aromatic nitrogens is 2. The number of rotatable bonds is 7. The first-order chi connectivity index (χ1) is 14.0. The average Bonchev–Trinajstić information content (AvgIpc) is 3.40. The number of esters is 1. The van der Waals surface area contributed by atoms with Crippen LogP contribution < -0.4 is 10.6 Å². The van der Waals surface area contributed by atoms with Gasteiger partial charge in [0.2, 0.25) is 5.91 Å². The first kappa shape index (κ1) is 19.9. The molecule has 0 saturated carbocycles. The molecule has 9 nitrogen and oxygen atoms in total. The highest BCUT2D eigenvalue weighted by Gasteiger charge is 2.18. The Balaban J connectivity index is 1.65. The normalized spacial score (nSPS) is 11.5. The summed E-state index contributed by atoms with van der Waals surface area (Å²) in [6.45, 7) is 3.57. The number of carbonyl (C=O) groups is 3. The van der Waals surface area contributed by atoms with Gasteiger partial charge in [-0.15, -0.1) is 0 Å². The van der Waals surface area contributed by atoms with Crippen molar-refractivity contribution in [3.63, 3.8) is 0 Å². The van der Waals surface area contributed by atoms with Crippen LogP contribution in [0.15, 0.2) is 59.5 Å². The molecule has 2 amide bonds. The monoisotopic (exact) mass is 396 g/mol. The lowest BCUT2D eigenvalue weighted by molar-refractivity contribution is -0.117. The molecule has 1 unspecified atom stereocenters. The third-order valence-corrected chi connectivity index (χ3v) is 3.98. The number of anilines is 1. The van der Waals surface area contributed by atoms with Gasteiger partial charge in [-0.25, -0.2) is 9.48 Å². The van der Waals surface area contributed by atoms with Crippen LogP contribution in [0.1, 0.15) is 34.7 Å². The van der Waals surface area contributed by atoms with Crippen LogP contribution >= 0.6 is 0 Å². The van der Waals surface area contributed by atoms with E-state index >= 15 is 0 Å². The van der Waals surface area contributed by atoms with Gasteiger partial charge in [-0.1, -0.05) is 6.07 Å². The fourth-order valence-electron chi connectivity index (χ4n) is 2.50. The van der Waals surface area contributed by atoms with E-state index in [0.29, 0.717) is 16.9 Å². The van der Waals surface area contributed by atoms with Crippen molar-refractivity contribution in [2.75, 3.05) is 11.9 Å². The van der Waals surface area contributed by atoms with Gasteiger partial charge < -0.3 is 19.8 Å². The van der Waals surface area contributed by atoms with Crippen molar-refractivity contribution >= 4 is 23.5 Å². The second-order valence-electron chi connectivity index (χ2n) is 6.11. The van der Waals surface area contributed by atoms with Crippen LogP contribution in [-0.4, -0.2) is 40.2 Å². The third-order valence-electron chi connectivity index (χ3n) is 3.98. The maximum absolute atomic E-state index is 12.4. The fourth-order valence-corrected chi connectivity index (χ4v) is 2.50. The van der Waals surface area contributed by atoms with Crippen molar-refractivity contribution < 1.29 is 23.5 Å². The van der Waals surface area contributed by atoms with Crippen LogP contribution in [0, 0.1) is 0 Å². The number of ether oxygens (including phenoxy) is 1. The van der Waals surface area contributed by atoms with E-state index in [1.807, 2.05) is 0 Å². The number of benzene rings is 1. The van der Waals surface area contributed by atoms with Gasteiger partial charge in [0.1, 0.15) is 12.3 Å².